The molecular formula is C26H29FN4O2S. The average molecular weight is 481 g/mol. The first-order valence-electron chi connectivity index (χ1n) is 11.6. The van der Waals surface area contributed by atoms with Crippen molar-refractivity contribution in [2.24, 2.45) is 0 Å². The van der Waals surface area contributed by atoms with Crippen LogP contribution >= 0.6 is 12.2 Å². The Bertz CT molecular complexity index is 1180. The van der Waals surface area contributed by atoms with Gasteiger partial charge >= 0.3 is 0 Å². The van der Waals surface area contributed by atoms with Crippen molar-refractivity contribution in [3.05, 3.63) is 71.5 Å². The summed E-state index contributed by atoms with van der Waals surface area (Å²) in [7, 11) is 0. The molecule has 1 aliphatic heterocycles. The summed E-state index contributed by atoms with van der Waals surface area (Å²) in [4.78, 5) is 6.77. The quantitative estimate of drug-likeness (QED) is 0.292. The van der Waals surface area contributed by atoms with Gasteiger partial charge in [0.15, 0.2) is 5.11 Å². The molecule has 1 atom stereocenters. The number of benzene rings is 2. The zero-order valence-electron chi connectivity index (χ0n) is 19.7. The standard InChI is InChI=1S/C26H29FN4O2S/c1-4-6-7-15-31-17(3)22(23(28-26(31)34)19-9-8-10-20(27)16-19)25-29-24(30-33-25)18-11-13-21(14-12-18)32-5-2/h8-14,16,23H,4-7,15H2,1-3H3,(H,28,34). The molecule has 2 heterocycles. The van der Waals surface area contributed by atoms with Crippen LogP contribution in [-0.2, 0) is 0 Å². The molecule has 0 saturated carbocycles. The molecule has 0 radical (unpaired) electrons. The van der Waals surface area contributed by atoms with E-state index in [-0.39, 0.29) is 5.82 Å². The van der Waals surface area contributed by atoms with Gasteiger partial charge in [-0.05, 0) is 74.4 Å². The Balaban J connectivity index is 1.73. The SMILES string of the molecule is CCCCCN1C(=S)NC(c2cccc(F)c2)C(c2nc(-c3ccc(OCC)cc3)no2)=C1C. The first kappa shape index (κ1) is 23.9. The molecule has 1 aliphatic rings. The Morgan fingerprint density at radius 2 is 1.94 bits per heavy atom. The molecule has 0 spiro atoms. The molecule has 0 amide bonds. The van der Waals surface area contributed by atoms with Crippen molar-refractivity contribution in [1.29, 1.82) is 0 Å². The van der Waals surface area contributed by atoms with Crippen LogP contribution in [0.25, 0.3) is 17.0 Å². The maximum Gasteiger partial charge on any atom is 0.258 e. The van der Waals surface area contributed by atoms with Crippen molar-refractivity contribution in [1.82, 2.24) is 20.4 Å². The van der Waals surface area contributed by atoms with E-state index in [1.165, 1.54) is 12.1 Å². The van der Waals surface area contributed by atoms with Gasteiger partial charge in [-0.3, -0.25) is 0 Å². The highest BCUT2D eigenvalue weighted by molar-refractivity contribution is 7.80. The highest BCUT2D eigenvalue weighted by Gasteiger charge is 2.34. The summed E-state index contributed by atoms with van der Waals surface area (Å²) in [5.74, 6) is 1.33. The predicted molar refractivity (Wildman–Crippen MR) is 135 cm³/mol. The molecule has 0 bridgehead atoms. The number of nitrogens with one attached hydrogen (secondary N) is 1. The average Bonchev–Trinajstić information content (AvgIpc) is 3.31. The van der Waals surface area contributed by atoms with Crippen LogP contribution in [0.1, 0.15) is 57.5 Å². The lowest BCUT2D eigenvalue weighted by atomic mass is 9.94. The van der Waals surface area contributed by atoms with Gasteiger partial charge in [0.25, 0.3) is 5.89 Å². The number of ether oxygens (including phenoxy) is 1. The van der Waals surface area contributed by atoms with Crippen LogP contribution in [0.5, 0.6) is 5.75 Å². The van der Waals surface area contributed by atoms with Crippen molar-refractivity contribution >= 4 is 22.9 Å². The second kappa shape index (κ2) is 10.8. The Labute approximate surface area is 204 Å². The van der Waals surface area contributed by atoms with Crippen molar-refractivity contribution in [3.8, 4) is 17.1 Å². The smallest absolute Gasteiger partial charge is 0.258 e. The molecule has 0 fully saturated rings. The summed E-state index contributed by atoms with van der Waals surface area (Å²) in [6.45, 7) is 7.50. The summed E-state index contributed by atoms with van der Waals surface area (Å²) in [6.07, 6.45) is 3.23. The summed E-state index contributed by atoms with van der Waals surface area (Å²) in [6, 6.07) is 13.6. The maximum atomic E-state index is 14.1. The number of hydrogen-bond donors (Lipinski definition) is 1. The van der Waals surface area contributed by atoms with Crippen LogP contribution in [0, 0.1) is 5.82 Å². The van der Waals surface area contributed by atoms with Crippen molar-refractivity contribution in [2.45, 2.75) is 46.1 Å². The third kappa shape index (κ3) is 5.12. The monoisotopic (exact) mass is 480 g/mol. The zero-order chi connectivity index (χ0) is 24.1. The van der Waals surface area contributed by atoms with E-state index in [0.717, 1.165) is 54.0 Å². The molecule has 1 aromatic heterocycles. The topological polar surface area (TPSA) is 63.4 Å². The van der Waals surface area contributed by atoms with Crippen LogP contribution in [-0.4, -0.2) is 33.3 Å². The second-order valence-electron chi connectivity index (χ2n) is 8.18. The normalized spacial score (nSPS) is 16.1. The highest BCUT2D eigenvalue weighted by Crippen LogP contribution is 2.37. The molecule has 1 N–H and O–H groups in total. The lowest BCUT2D eigenvalue weighted by Crippen LogP contribution is -2.46. The largest absolute Gasteiger partial charge is 0.494 e. The van der Waals surface area contributed by atoms with Gasteiger partial charge in [0.2, 0.25) is 5.82 Å². The summed E-state index contributed by atoms with van der Waals surface area (Å²) in [5.41, 5.74) is 3.28. The van der Waals surface area contributed by atoms with E-state index in [1.807, 2.05) is 44.2 Å². The third-order valence-electron chi connectivity index (χ3n) is 5.84. The zero-order valence-corrected chi connectivity index (χ0v) is 20.5. The van der Waals surface area contributed by atoms with E-state index >= 15 is 0 Å². The number of thiocarbonyl (C=S) groups is 1. The van der Waals surface area contributed by atoms with E-state index in [4.69, 9.17) is 26.5 Å². The molecule has 3 aromatic rings. The highest BCUT2D eigenvalue weighted by atomic mass is 32.1. The van der Waals surface area contributed by atoms with E-state index in [9.17, 15) is 4.39 Å². The minimum Gasteiger partial charge on any atom is -0.494 e. The van der Waals surface area contributed by atoms with Gasteiger partial charge in [-0.15, -0.1) is 0 Å². The molecular weight excluding hydrogens is 451 g/mol. The molecule has 8 heteroatoms. The Kier molecular flexibility index (Phi) is 7.57. The first-order valence-corrected chi connectivity index (χ1v) is 12.0. The minimum absolute atomic E-state index is 0.312. The number of hydrogen-bond acceptors (Lipinski definition) is 5. The molecule has 2 aromatic carbocycles. The summed E-state index contributed by atoms with van der Waals surface area (Å²) >= 11 is 5.69. The maximum absolute atomic E-state index is 14.1. The molecule has 1 unspecified atom stereocenters. The van der Waals surface area contributed by atoms with Gasteiger partial charge in [-0.2, -0.15) is 4.98 Å². The van der Waals surface area contributed by atoms with Crippen LogP contribution in [0.2, 0.25) is 0 Å². The van der Waals surface area contributed by atoms with E-state index in [1.54, 1.807) is 6.07 Å². The number of allylic oxidation sites excluding steroid dienone is 1. The molecule has 4 rings (SSSR count). The molecule has 34 heavy (non-hydrogen) atoms. The molecule has 0 aliphatic carbocycles. The van der Waals surface area contributed by atoms with E-state index in [0.29, 0.717) is 23.4 Å². The Morgan fingerprint density at radius 1 is 1.15 bits per heavy atom. The van der Waals surface area contributed by atoms with Crippen molar-refractivity contribution in [2.75, 3.05) is 13.2 Å². The van der Waals surface area contributed by atoms with Gasteiger partial charge in [0.1, 0.15) is 11.6 Å². The van der Waals surface area contributed by atoms with Gasteiger partial charge in [-0.25, -0.2) is 4.39 Å². The third-order valence-corrected chi connectivity index (χ3v) is 6.18. The first-order chi connectivity index (χ1) is 16.5. The van der Waals surface area contributed by atoms with Gasteiger partial charge < -0.3 is 19.5 Å². The lowest BCUT2D eigenvalue weighted by Gasteiger charge is -2.37. The van der Waals surface area contributed by atoms with Crippen molar-refractivity contribution in [3.63, 3.8) is 0 Å². The number of aromatic nitrogens is 2. The van der Waals surface area contributed by atoms with Crippen LogP contribution in [0.3, 0.4) is 0 Å². The fourth-order valence-electron chi connectivity index (χ4n) is 4.10. The Morgan fingerprint density at radius 3 is 2.65 bits per heavy atom. The summed E-state index contributed by atoms with van der Waals surface area (Å²) < 4.78 is 25.4. The fraction of sp³-hybridized carbons (Fsp3) is 0.346. The molecule has 178 valence electrons. The minimum atomic E-state index is -0.403. The fourth-order valence-corrected chi connectivity index (χ4v) is 4.45. The predicted octanol–water partition coefficient (Wildman–Crippen LogP) is 6.13. The van der Waals surface area contributed by atoms with Gasteiger partial charge in [-0.1, -0.05) is 37.1 Å². The van der Waals surface area contributed by atoms with E-state index < -0.39 is 6.04 Å². The lowest BCUT2D eigenvalue weighted by molar-refractivity contribution is 0.340. The van der Waals surface area contributed by atoms with Gasteiger partial charge in [0.05, 0.1) is 18.2 Å². The van der Waals surface area contributed by atoms with Crippen molar-refractivity contribution < 1.29 is 13.7 Å². The number of unbranched alkanes of at least 4 members (excludes halogenated alkanes) is 2. The second-order valence-corrected chi connectivity index (χ2v) is 8.56. The number of halogens is 1. The van der Waals surface area contributed by atoms with Crippen LogP contribution in [0.4, 0.5) is 4.39 Å². The summed E-state index contributed by atoms with van der Waals surface area (Å²) in [5, 5.41) is 8.21. The molecule has 0 saturated heterocycles. The number of nitrogens with zero attached hydrogens (tertiary/aromatic N) is 3. The van der Waals surface area contributed by atoms with E-state index in [2.05, 4.69) is 22.3 Å². The van der Waals surface area contributed by atoms with Gasteiger partial charge in [0, 0.05) is 17.8 Å². The Hall–Kier alpha value is -3.26. The number of rotatable bonds is 9. The van der Waals surface area contributed by atoms with Crippen LogP contribution in [0.15, 0.2) is 58.8 Å². The van der Waals surface area contributed by atoms with Crippen LogP contribution < -0.4 is 10.1 Å². The molecule has 6 nitrogen and oxygen atoms in total.